The van der Waals surface area contributed by atoms with Gasteiger partial charge in [-0.1, -0.05) is 11.6 Å². The van der Waals surface area contributed by atoms with Crippen LogP contribution in [0.15, 0.2) is 42.5 Å². The van der Waals surface area contributed by atoms with Gasteiger partial charge in [0.2, 0.25) is 0 Å². The number of carbonyl (C=O) groups excluding carboxylic acids is 1. The number of carbonyl (C=O) groups is 1. The molecule has 0 aliphatic carbocycles. The Labute approximate surface area is 183 Å². The number of hydrogen-bond acceptors (Lipinski definition) is 5. The van der Waals surface area contributed by atoms with Crippen molar-refractivity contribution in [2.45, 2.75) is 13.8 Å². The second kappa shape index (κ2) is 11.1. The van der Waals surface area contributed by atoms with Gasteiger partial charge in [-0.3, -0.25) is 9.69 Å². The molecule has 6 nitrogen and oxygen atoms in total. The van der Waals surface area contributed by atoms with Crippen molar-refractivity contribution in [3.05, 3.63) is 53.1 Å². The highest BCUT2D eigenvalue weighted by Gasteiger charge is 2.17. The van der Waals surface area contributed by atoms with Crippen molar-refractivity contribution in [2.75, 3.05) is 57.4 Å². The summed E-state index contributed by atoms with van der Waals surface area (Å²) < 4.78 is 11.2. The second-order valence-corrected chi connectivity index (χ2v) is 7.52. The van der Waals surface area contributed by atoms with Crippen molar-refractivity contribution in [1.82, 2.24) is 10.2 Å². The molecule has 0 radical (unpaired) electrons. The van der Waals surface area contributed by atoms with E-state index in [1.54, 1.807) is 18.2 Å². The van der Waals surface area contributed by atoms with Crippen LogP contribution < -0.4 is 19.7 Å². The van der Waals surface area contributed by atoms with E-state index >= 15 is 0 Å². The van der Waals surface area contributed by atoms with Gasteiger partial charge in [0.05, 0.1) is 13.2 Å². The molecule has 3 rings (SSSR count). The fraction of sp³-hybridized carbons (Fsp3) is 0.435. The third-order valence-corrected chi connectivity index (χ3v) is 5.34. The minimum absolute atomic E-state index is 0.0983. The first-order chi connectivity index (χ1) is 14.6. The molecule has 30 heavy (non-hydrogen) atoms. The van der Waals surface area contributed by atoms with Crippen LogP contribution in [-0.2, 0) is 0 Å². The third-order valence-electron chi connectivity index (χ3n) is 5.08. The zero-order chi connectivity index (χ0) is 21.3. The van der Waals surface area contributed by atoms with Gasteiger partial charge in [0, 0.05) is 55.5 Å². The summed E-state index contributed by atoms with van der Waals surface area (Å²) in [7, 11) is 0. The molecule has 7 heteroatoms. The Morgan fingerprint density at radius 2 is 1.63 bits per heavy atom. The third kappa shape index (κ3) is 6.03. The van der Waals surface area contributed by atoms with Crippen LogP contribution in [0.4, 0.5) is 5.69 Å². The molecule has 1 heterocycles. The first-order valence-electron chi connectivity index (χ1n) is 10.5. The van der Waals surface area contributed by atoms with Gasteiger partial charge in [-0.05, 0) is 56.3 Å². The summed E-state index contributed by atoms with van der Waals surface area (Å²) in [6.07, 6.45) is 0. The van der Waals surface area contributed by atoms with Gasteiger partial charge < -0.3 is 19.7 Å². The lowest BCUT2D eigenvalue weighted by Gasteiger charge is -2.36. The normalized spacial score (nSPS) is 14.4. The number of ether oxygens (including phenoxy) is 2. The Morgan fingerprint density at radius 3 is 2.30 bits per heavy atom. The van der Waals surface area contributed by atoms with Gasteiger partial charge in [-0.2, -0.15) is 0 Å². The molecule has 1 aliphatic rings. The van der Waals surface area contributed by atoms with E-state index in [0.717, 1.165) is 37.7 Å². The van der Waals surface area contributed by atoms with Crippen LogP contribution in [-0.4, -0.2) is 63.3 Å². The van der Waals surface area contributed by atoms with Crippen LogP contribution in [0.25, 0.3) is 0 Å². The van der Waals surface area contributed by atoms with E-state index in [4.69, 9.17) is 21.1 Å². The van der Waals surface area contributed by atoms with Crippen molar-refractivity contribution in [1.29, 1.82) is 0 Å². The number of benzene rings is 2. The molecule has 2 aromatic rings. The molecular formula is C23H30ClN3O3. The van der Waals surface area contributed by atoms with E-state index < -0.39 is 0 Å². The SMILES string of the molecule is CCOc1ccc(C(=O)NCCN2CCN(c3ccc(Cl)cc3)CC2)cc1OCC. The van der Waals surface area contributed by atoms with Gasteiger partial charge in [0.1, 0.15) is 0 Å². The molecule has 1 amide bonds. The van der Waals surface area contributed by atoms with Crippen molar-refractivity contribution in [3.63, 3.8) is 0 Å². The lowest BCUT2D eigenvalue weighted by atomic mass is 10.2. The van der Waals surface area contributed by atoms with Crippen LogP contribution >= 0.6 is 11.6 Å². The zero-order valence-electron chi connectivity index (χ0n) is 17.7. The molecule has 162 valence electrons. The predicted octanol–water partition coefficient (Wildman–Crippen LogP) is 3.69. The summed E-state index contributed by atoms with van der Waals surface area (Å²) >= 11 is 5.97. The second-order valence-electron chi connectivity index (χ2n) is 7.09. The van der Waals surface area contributed by atoms with Crippen molar-refractivity contribution in [2.24, 2.45) is 0 Å². The summed E-state index contributed by atoms with van der Waals surface area (Å²) in [4.78, 5) is 17.3. The Balaban J connectivity index is 1.44. The molecule has 0 unspecified atom stereocenters. The highest BCUT2D eigenvalue weighted by atomic mass is 35.5. The summed E-state index contributed by atoms with van der Waals surface area (Å²) in [6.45, 7) is 10.2. The molecule has 0 bridgehead atoms. The van der Waals surface area contributed by atoms with E-state index in [1.165, 1.54) is 5.69 Å². The fourth-order valence-corrected chi connectivity index (χ4v) is 3.63. The van der Waals surface area contributed by atoms with Gasteiger partial charge in [-0.15, -0.1) is 0 Å². The van der Waals surface area contributed by atoms with E-state index in [2.05, 4.69) is 27.2 Å². The highest BCUT2D eigenvalue weighted by Crippen LogP contribution is 2.28. The first kappa shape index (κ1) is 22.2. The number of anilines is 1. The summed E-state index contributed by atoms with van der Waals surface area (Å²) in [5.41, 5.74) is 1.78. The molecule has 1 N–H and O–H groups in total. The minimum atomic E-state index is -0.0983. The van der Waals surface area contributed by atoms with Crippen LogP contribution in [0.5, 0.6) is 11.5 Å². The van der Waals surface area contributed by atoms with Gasteiger partial charge in [-0.25, -0.2) is 0 Å². The van der Waals surface area contributed by atoms with Gasteiger partial charge in [0.25, 0.3) is 5.91 Å². The molecule has 1 fully saturated rings. The van der Waals surface area contributed by atoms with E-state index in [0.29, 0.717) is 36.8 Å². The Bertz CT molecular complexity index is 821. The highest BCUT2D eigenvalue weighted by molar-refractivity contribution is 6.30. The molecule has 0 atom stereocenters. The lowest BCUT2D eigenvalue weighted by Crippen LogP contribution is -2.48. The molecule has 0 saturated carbocycles. The molecule has 1 aliphatic heterocycles. The average Bonchev–Trinajstić information content (AvgIpc) is 2.76. The zero-order valence-corrected chi connectivity index (χ0v) is 18.5. The topological polar surface area (TPSA) is 54.0 Å². The molecule has 2 aromatic carbocycles. The van der Waals surface area contributed by atoms with Gasteiger partial charge >= 0.3 is 0 Å². The first-order valence-corrected chi connectivity index (χ1v) is 10.9. The fourth-order valence-electron chi connectivity index (χ4n) is 3.50. The number of amides is 1. The smallest absolute Gasteiger partial charge is 0.251 e. The molecular weight excluding hydrogens is 402 g/mol. The number of nitrogens with one attached hydrogen (secondary N) is 1. The number of rotatable bonds is 9. The van der Waals surface area contributed by atoms with Crippen molar-refractivity contribution < 1.29 is 14.3 Å². The summed E-state index contributed by atoms with van der Waals surface area (Å²) in [5.74, 6) is 1.17. The van der Waals surface area contributed by atoms with Crippen LogP contribution in [0.3, 0.4) is 0 Å². The van der Waals surface area contributed by atoms with Crippen LogP contribution in [0.1, 0.15) is 24.2 Å². The molecule has 1 saturated heterocycles. The Kier molecular flexibility index (Phi) is 8.22. The van der Waals surface area contributed by atoms with E-state index in [-0.39, 0.29) is 5.91 Å². The van der Waals surface area contributed by atoms with E-state index in [1.807, 2.05) is 26.0 Å². The monoisotopic (exact) mass is 431 g/mol. The van der Waals surface area contributed by atoms with Crippen LogP contribution in [0.2, 0.25) is 5.02 Å². The lowest BCUT2D eigenvalue weighted by molar-refractivity contribution is 0.0947. The van der Waals surface area contributed by atoms with Gasteiger partial charge in [0.15, 0.2) is 11.5 Å². The Morgan fingerprint density at radius 1 is 0.967 bits per heavy atom. The largest absolute Gasteiger partial charge is 0.490 e. The molecule has 0 spiro atoms. The van der Waals surface area contributed by atoms with Crippen LogP contribution in [0, 0.1) is 0 Å². The maximum Gasteiger partial charge on any atom is 0.251 e. The predicted molar refractivity (Wildman–Crippen MR) is 121 cm³/mol. The van der Waals surface area contributed by atoms with Crippen molar-refractivity contribution in [3.8, 4) is 11.5 Å². The maximum absolute atomic E-state index is 12.5. The average molecular weight is 432 g/mol. The Hall–Kier alpha value is -2.44. The summed E-state index contributed by atoms with van der Waals surface area (Å²) in [5, 5.41) is 3.77. The minimum Gasteiger partial charge on any atom is -0.490 e. The number of nitrogens with zero attached hydrogens (tertiary/aromatic N) is 2. The number of piperazine rings is 1. The molecule has 0 aromatic heterocycles. The van der Waals surface area contributed by atoms with E-state index in [9.17, 15) is 4.79 Å². The standard InChI is InChI=1S/C23H30ClN3O3/c1-3-29-21-10-5-18(17-22(21)30-4-2)23(28)25-11-12-26-13-15-27(16-14-26)20-8-6-19(24)7-9-20/h5-10,17H,3-4,11-16H2,1-2H3,(H,25,28). The number of hydrogen-bond donors (Lipinski definition) is 1. The maximum atomic E-state index is 12.5. The van der Waals surface area contributed by atoms with Crippen molar-refractivity contribution >= 4 is 23.2 Å². The summed E-state index contributed by atoms with van der Waals surface area (Å²) in [6, 6.07) is 13.3. The number of halogens is 1. The quantitative estimate of drug-likeness (QED) is 0.656.